The molecule has 5 heteroatoms. The van der Waals surface area contributed by atoms with Crippen LogP contribution in [0.15, 0.2) is 48.9 Å². The summed E-state index contributed by atoms with van der Waals surface area (Å²) < 4.78 is 38.1. The lowest BCUT2D eigenvalue weighted by molar-refractivity contribution is -0.137. The van der Waals surface area contributed by atoms with Crippen molar-refractivity contribution in [3.63, 3.8) is 0 Å². The molecule has 0 amide bonds. The fourth-order valence-corrected chi connectivity index (χ4v) is 2.06. The molecule has 0 aliphatic heterocycles. The van der Waals surface area contributed by atoms with Crippen molar-refractivity contribution < 1.29 is 13.2 Å². The lowest BCUT2D eigenvalue weighted by atomic mass is 10.0. The Morgan fingerprint density at radius 1 is 1.11 bits per heavy atom. The Balaban J connectivity index is 2.17. The summed E-state index contributed by atoms with van der Waals surface area (Å²) in [6.07, 6.45) is 0.637. The van der Waals surface area contributed by atoms with Crippen LogP contribution in [0.3, 0.4) is 0 Å². The van der Waals surface area contributed by atoms with Gasteiger partial charge in [-0.05, 0) is 23.8 Å². The quantitative estimate of drug-likeness (QED) is 0.697. The van der Waals surface area contributed by atoms with E-state index in [1.54, 1.807) is 30.7 Å². The predicted molar refractivity (Wildman–Crippen MR) is 66.5 cm³/mol. The molecule has 1 aromatic carbocycles. The molecule has 2 nitrogen and oxygen atoms in total. The maximum Gasteiger partial charge on any atom is 0.416 e. The number of hydrogen-bond acceptors (Lipinski definition) is 1. The molecule has 96 valence electrons. The van der Waals surface area contributed by atoms with Gasteiger partial charge < -0.3 is 4.98 Å². The van der Waals surface area contributed by atoms with Crippen molar-refractivity contribution in [3.05, 3.63) is 54.5 Å². The summed E-state index contributed by atoms with van der Waals surface area (Å²) in [7, 11) is 0. The third-order valence-corrected chi connectivity index (χ3v) is 2.98. The number of fused-ring (bicyclic) bond motifs is 1. The Morgan fingerprint density at radius 3 is 2.74 bits per heavy atom. The molecule has 1 N–H and O–H groups in total. The fourth-order valence-electron chi connectivity index (χ4n) is 2.06. The Bertz CT molecular complexity index is 729. The molecule has 0 radical (unpaired) electrons. The summed E-state index contributed by atoms with van der Waals surface area (Å²) in [5.74, 6) is 0. The van der Waals surface area contributed by atoms with Gasteiger partial charge in [-0.2, -0.15) is 13.2 Å². The van der Waals surface area contributed by atoms with E-state index in [2.05, 4.69) is 9.97 Å². The average molecular weight is 262 g/mol. The third-order valence-electron chi connectivity index (χ3n) is 2.98. The number of nitrogens with zero attached hydrogens (tertiary/aromatic N) is 1. The SMILES string of the molecule is FC(F)(F)c1cccc(-c2c[nH]c3ccncc23)c1. The summed E-state index contributed by atoms with van der Waals surface area (Å²) in [5.41, 5.74) is 1.44. The number of halogens is 3. The van der Waals surface area contributed by atoms with E-state index in [4.69, 9.17) is 0 Å². The van der Waals surface area contributed by atoms with Gasteiger partial charge in [0.2, 0.25) is 0 Å². The molecular formula is C14H9F3N2. The standard InChI is InChI=1S/C14H9F3N2/c15-14(16,17)10-3-1-2-9(6-10)11-8-19-13-4-5-18-7-12(11)13/h1-8,19H. The zero-order chi connectivity index (χ0) is 13.5. The smallest absolute Gasteiger partial charge is 0.360 e. The van der Waals surface area contributed by atoms with Crippen LogP contribution in [0, 0.1) is 0 Å². The van der Waals surface area contributed by atoms with E-state index < -0.39 is 11.7 Å². The molecule has 3 aromatic rings. The number of benzene rings is 1. The van der Waals surface area contributed by atoms with Crippen LogP contribution >= 0.6 is 0 Å². The van der Waals surface area contributed by atoms with E-state index >= 15 is 0 Å². The van der Waals surface area contributed by atoms with Crippen LogP contribution in [-0.2, 0) is 6.18 Å². The summed E-state index contributed by atoms with van der Waals surface area (Å²) in [4.78, 5) is 7.02. The van der Waals surface area contributed by atoms with Crippen LogP contribution < -0.4 is 0 Å². The third kappa shape index (κ3) is 2.07. The Morgan fingerprint density at radius 2 is 1.95 bits per heavy atom. The molecule has 0 bridgehead atoms. The molecule has 0 aliphatic rings. The second-order valence-electron chi connectivity index (χ2n) is 4.20. The second kappa shape index (κ2) is 4.12. The average Bonchev–Trinajstić information content (AvgIpc) is 2.82. The predicted octanol–water partition coefficient (Wildman–Crippen LogP) is 4.25. The first-order chi connectivity index (χ1) is 9.05. The van der Waals surface area contributed by atoms with Crippen molar-refractivity contribution >= 4 is 10.9 Å². The number of pyridine rings is 1. The molecule has 0 atom stereocenters. The highest BCUT2D eigenvalue weighted by atomic mass is 19.4. The molecule has 19 heavy (non-hydrogen) atoms. The zero-order valence-corrected chi connectivity index (χ0v) is 9.70. The minimum Gasteiger partial charge on any atom is -0.360 e. The van der Waals surface area contributed by atoms with E-state index in [1.165, 1.54) is 6.07 Å². The maximum absolute atomic E-state index is 12.7. The van der Waals surface area contributed by atoms with Crippen LogP contribution in [0.4, 0.5) is 13.2 Å². The largest absolute Gasteiger partial charge is 0.416 e. The minimum absolute atomic E-state index is 0.522. The molecule has 2 heterocycles. The maximum atomic E-state index is 12.7. The highest BCUT2D eigenvalue weighted by Gasteiger charge is 2.30. The molecule has 3 rings (SSSR count). The second-order valence-corrected chi connectivity index (χ2v) is 4.20. The minimum atomic E-state index is -4.33. The number of H-pyrrole nitrogens is 1. The summed E-state index contributed by atoms with van der Waals surface area (Å²) in [6, 6.07) is 7.07. The first-order valence-electron chi connectivity index (χ1n) is 5.64. The van der Waals surface area contributed by atoms with Crippen molar-refractivity contribution in [1.82, 2.24) is 9.97 Å². The van der Waals surface area contributed by atoms with Gasteiger partial charge in [0.25, 0.3) is 0 Å². The molecule has 0 aliphatic carbocycles. The van der Waals surface area contributed by atoms with Gasteiger partial charge in [0.05, 0.1) is 5.56 Å². The molecule has 0 saturated heterocycles. The van der Waals surface area contributed by atoms with Crippen molar-refractivity contribution in [1.29, 1.82) is 0 Å². The van der Waals surface area contributed by atoms with Crippen molar-refractivity contribution in [2.45, 2.75) is 6.18 Å². The Kier molecular flexibility index (Phi) is 2.55. The van der Waals surface area contributed by atoms with Gasteiger partial charge in [-0.3, -0.25) is 4.98 Å². The Hall–Kier alpha value is -2.30. The monoisotopic (exact) mass is 262 g/mol. The van der Waals surface area contributed by atoms with Crippen LogP contribution in [0.5, 0.6) is 0 Å². The van der Waals surface area contributed by atoms with E-state index in [0.29, 0.717) is 11.1 Å². The van der Waals surface area contributed by atoms with Gasteiger partial charge >= 0.3 is 6.18 Å². The summed E-state index contributed by atoms with van der Waals surface area (Å²) >= 11 is 0. The fraction of sp³-hybridized carbons (Fsp3) is 0.0714. The van der Waals surface area contributed by atoms with Gasteiger partial charge in [0.15, 0.2) is 0 Å². The first kappa shape index (κ1) is 11.8. The number of hydrogen-bond donors (Lipinski definition) is 1. The topological polar surface area (TPSA) is 28.7 Å². The van der Waals surface area contributed by atoms with Gasteiger partial charge in [0.1, 0.15) is 0 Å². The van der Waals surface area contributed by atoms with E-state index in [1.807, 2.05) is 0 Å². The normalized spacial score (nSPS) is 11.9. The first-order valence-corrected chi connectivity index (χ1v) is 5.64. The molecule has 0 fully saturated rings. The molecular weight excluding hydrogens is 253 g/mol. The van der Waals surface area contributed by atoms with Gasteiger partial charge in [-0.15, -0.1) is 0 Å². The number of aromatic amines is 1. The van der Waals surface area contributed by atoms with E-state index in [0.717, 1.165) is 23.0 Å². The van der Waals surface area contributed by atoms with Crippen LogP contribution in [0.25, 0.3) is 22.0 Å². The van der Waals surface area contributed by atoms with Crippen LogP contribution in [0.1, 0.15) is 5.56 Å². The zero-order valence-electron chi connectivity index (χ0n) is 9.70. The highest BCUT2D eigenvalue weighted by Crippen LogP contribution is 2.34. The van der Waals surface area contributed by atoms with Crippen molar-refractivity contribution in [2.24, 2.45) is 0 Å². The lowest BCUT2D eigenvalue weighted by Crippen LogP contribution is -2.04. The molecule has 2 aromatic heterocycles. The number of rotatable bonds is 1. The van der Waals surface area contributed by atoms with Gasteiger partial charge in [-0.1, -0.05) is 12.1 Å². The summed E-state index contributed by atoms with van der Waals surface area (Å²) in [6.45, 7) is 0. The number of alkyl halides is 3. The van der Waals surface area contributed by atoms with Gasteiger partial charge in [-0.25, -0.2) is 0 Å². The molecule has 0 spiro atoms. The van der Waals surface area contributed by atoms with Crippen molar-refractivity contribution in [3.8, 4) is 11.1 Å². The van der Waals surface area contributed by atoms with Gasteiger partial charge in [0, 0.05) is 35.1 Å². The highest BCUT2D eigenvalue weighted by molar-refractivity contribution is 5.94. The van der Waals surface area contributed by atoms with E-state index in [9.17, 15) is 13.2 Å². The molecule has 0 saturated carbocycles. The Labute approximate surface area is 106 Å². The number of nitrogens with one attached hydrogen (secondary N) is 1. The van der Waals surface area contributed by atoms with Crippen LogP contribution in [-0.4, -0.2) is 9.97 Å². The molecule has 0 unspecified atom stereocenters. The van der Waals surface area contributed by atoms with E-state index in [-0.39, 0.29) is 0 Å². The van der Waals surface area contributed by atoms with Crippen molar-refractivity contribution in [2.75, 3.05) is 0 Å². The number of aromatic nitrogens is 2. The summed E-state index contributed by atoms with van der Waals surface area (Å²) in [5, 5.41) is 0.807. The van der Waals surface area contributed by atoms with Crippen LogP contribution in [0.2, 0.25) is 0 Å². The lowest BCUT2D eigenvalue weighted by Gasteiger charge is -2.08.